The van der Waals surface area contributed by atoms with Crippen molar-refractivity contribution in [3.63, 3.8) is 0 Å². The van der Waals surface area contributed by atoms with Crippen LogP contribution in [0.5, 0.6) is 17.2 Å². The number of rotatable bonds is 8. The second-order valence-corrected chi connectivity index (χ2v) is 6.20. The number of benzene rings is 1. The number of H-pyrrole nitrogens is 1. The van der Waals surface area contributed by atoms with Crippen LogP contribution in [0.15, 0.2) is 16.6 Å². The van der Waals surface area contributed by atoms with Gasteiger partial charge in [-0.2, -0.15) is 5.26 Å². The monoisotopic (exact) mass is 407 g/mol. The third-order valence-electron chi connectivity index (χ3n) is 3.98. The van der Waals surface area contributed by atoms with Gasteiger partial charge >= 0.3 is 0 Å². The summed E-state index contributed by atoms with van der Waals surface area (Å²) in [5, 5.41) is 9.38. The number of hydrogen-bond donors (Lipinski definition) is 2. The van der Waals surface area contributed by atoms with Crippen LogP contribution in [-0.4, -0.2) is 32.9 Å². The fourth-order valence-electron chi connectivity index (χ4n) is 2.82. The Balaban J connectivity index is 2.64. The zero-order valence-corrected chi connectivity index (χ0v) is 16.2. The minimum atomic E-state index is 0.481. The Hall–Kier alpha value is -2.17. The minimum absolute atomic E-state index is 0.481. The fraction of sp³-hybridized carbons (Fsp3) is 0.389. The van der Waals surface area contributed by atoms with E-state index in [-0.39, 0.29) is 0 Å². The average molecular weight is 408 g/mol. The fourth-order valence-corrected chi connectivity index (χ4v) is 3.46. The van der Waals surface area contributed by atoms with E-state index in [1.54, 1.807) is 21.3 Å². The Morgan fingerprint density at radius 2 is 1.84 bits per heavy atom. The van der Waals surface area contributed by atoms with Crippen LogP contribution in [-0.2, 0) is 6.42 Å². The summed E-state index contributed by atoms with van der Waals surface area (Å²) < 4.78 is 17.1. The van der Waals surface area contributed by atoms with E-state index in [0.29, 0.717) is 34.0 Å². The molecular weight excluding hydrogens is 386 g/mol. The quantitative estimate of drug-likeness (QED) is 0.651. The Bertz CT molecular complexity index is 781. The summed E-state index contributed by atoms with van der Waals surface area (Å²) in [6, 6.07) is 5.91. The SMILES string of the molecule is COc1ccc(-c2c(CCCCN)[nH]c(C#N)c2Br)c(OC)c1OC. The van der Waals surface area contributed by atoms with E-state index < -0.39 is 0 Å². The molecule has 2 aromatic rings. The minimum Gasteiger partial charge on any atom is -0.493 e. The molecular formula is C18H22BrN3O3. The Kier molecular flexibility index (Phi) is 6.73. The Morgan fingerprint density at radius 1 is 1.12 bits per heavy atom. The van der Waals surface area contributed by atoms with Crippen LogP contribution in [0.2, 0.25) is 0 Å². The van der Waals surface area contributed by atoms with E-state index in [1.807, 2.05) is 12.1 Å². The second kappa shape index (κ2) is 8.79. The molecule has 0 spiro atoms. The third kappa shape index (κ3) is 3.75. The first-order chi connectivity index (χ1) is 12.1. The number of nitrogens with one attached hydrogen (secondary N) is 1. The largest absolute Gasteiger partial charge is 0.493 e. The highest BCUT2D eigenvalue weighted by atomic mass is 79.9. The lowest BCUT2D eigenvalue weighted by Crippen LogP contribution is -2.00. The number of halogens is 1. The molecule has 0 amide bonds. The number of aryl methyl sites for hydroxylation is 1. The maximum Gasteiger partial charge on any atom is 0.203 e. The van der Waals surface area contributed by atoms with Gasteiger partial charge in [-0.3, -0.25) is 0 Å². The highest BCUT2D eigenvalue weighted by molar-refractivity contribution is 9.10. The van der Waals surface area contributed by atoms with Crippen molar-refractivity contribution in [2.75, 3.05) is 27.9 Å². The standard InChI is InChI=1S/C18H22BrN3O3/c1-23-14-8-7-11(17(24-2)18(14)25-3)15-12(6-4-5-9-20)22-13(10-21)16(15)19/h7-8,22H,4-6,9,20H2,1-3H3. The predicted octanol–water partition coefficient (Wildman–Crippen LogP) is 3.62. The van der Waals surface area contributed by atoms with Crippen LogP contribution in [0.25, 0.3) is 11.1 Å². The Labute approximate surface area is 156 Å². The van der Waals surface area contributed by atoms with Crippen LogP contribution in [0.1, 0.15) is 24.2 Å². The molecule has 134 valence electrons. The van der Waals surface area contributed by atoms with E-state index in [1.165, 1.54) is 0 Å². The van der Waals surface area contributed by atoms with E-state index in [9.17, 15) is 5.26 Å². The number of unbranched alkanes of at least 4 members (excludes halogenated alkanes) is 1. The van der Waals surface area contributed by atoms with Gasteiger partial charge in [-0.15, -0.1) is 0 Å². The molecule has 1 heterocycles. The molecule has 3 N–H and O–H groups in total. The summed E-state index contributed by atoms with van der Waals surface area (Å²) in [6.07, 6.45) is 2.63. The molecule has 0 fully saturated rings. The number of nitrogens with two attached hydrogens (primary N) is 1. The summed E-state index contributed by atoms with van der Waals surface area (Å²) in [7, 11) is 4.73. The normalized spacial score (nSPS) is 10.4. The highest BCUT2D eigenvalue weighted by Gasteiger charge is 2.23. The Morgan fingerprint density at radius 3 is 2.40 bits per heavy atom. The van der Waals surface area contributed by atoms with Gasteiger partial charge in [0, 0.05) is 16.8 Å². The summed E-state index contributed by atoms with van der Waals surface area (Å²) in [5.41, 5.74) is 8.76. The molecule has 0 radical (unpaired) electrons. The van der Waals surface area contributed by atoms with Crippen molar-refractivity contribution in [1.29, 1.82) is 5.26 Å². The molecule has 2 rings (SSSR count). The maximum absolute atomic E-state index is 9.38. The molecule has 0 aliphatic rings. The van der Waals surface area contributed by atoms with Crippen molar-refractivity contribution in [2.45, 2.75) is 19.3 Å². The number of methoxy groups -OCH3 is 3. The number of aromatic amines is 1. The lowest BCUT2D eigenvalue weighted by molar-refractivity contribution is 0.325. The third-order valence-corrected chi connectivity index (χ3v) is 4.78. The van der Waals surface area contributed by atoms with Gasteiger partial charge in [0.1, 0.15) is 11.8 Å². The zero-order valence-electron chi connectivity index (χ0n) is 14.6. The topological polar surface area (TPSA) is 93.3 Å². The molecule has 25 heavy (non-hydrogen) atoms. The van der Waals surface area contributed by atoms with Gasteiger partial charge in [0.15, 0.2) is 11.5 Å². The van der Waals surface area contributed by atoms with Crippen molar-refractivity contribution in [3.8, 4) is 34.4 Å². The maximum atomic E-state index is 9.38. The van der Waals surface area contributed by atoms with Gasteiger partial charge in [0.25, 0.3) is 0 Å². The van der Waals surface area contributed by atoms with Crippen molar-refractivity contribution in [2.24, 2.45) is 5.73 Å². The van der Waals surface area contributed by atoms with Gasteiger partial charge in [-0.25, -0.2) is 0 Å². The molecule has 7 heteroatoms. The summed E-state index contributed by atoms with van der Waals surface area (Å²) in [5.74, 6) is 1.66. The predicted molar refractivity (Wildman–Crippen MR) is 100 cm³/mol. The van der Waals surface area contributed by atoms with Gasteiger partial charge in [-0.05, 0) is 53.9 Å². The molecule has 0 aliphatic heterocycles. The van der Waals surface area contributed by atoms with Gasteiger partial charge in [0.2, 0.25) is 5.75 Å². The van der Waals surface area contributed by atoms with E-state index >= 15 is 0 Å². The molecule has 1 aromatic heterocycles. The van der Waals surface area contributed by atoms with Crippen LogP contribution in [0, 0.1) is 11.3 Å². The van der Waals surface area contributed by atoms with Crippen LogP contribution >= 0.6 is 15.9 Å². The van der Waals surface area contributed by atoms with Crippen LogP contribution in [0.3, 0.4) is 0 Å². The van der Waals surface area contributed by atoms with Gasteiger partial charge in [0.05, 0.1) is 25.8 Å². The first-order valence-electron chi connectivity index (χ1n) is 7.92. The number of nitrogens with zero attached hydrogens (tertiary/aromatic N) is 1. The first kappa shape index (κ1) is 19.2. The lowest BCUT2D eigenvalue weighted by Gasteiger charge is -2.16. The van der Waals surface area contributed by atoms with E-state index in [0.717, 1.165) is 36.1 Å². The van der Waals surface area contributed by atoms with Crippen molar-refractivity contribution >= 4 is 15.9 Å². The number of nitriles is 1. The molecule has 0 atom stereocenters. The van der Waals surface area contributed by atoms with E-state index in [2.05, 4.69) is 27.0 Å². The number of aromatic nitrogens is 1. The zero-order chi connectivity index (χ0) is 18.4. The summed E-state index contributed by atoms with van der Waals surface area (Å²) >= 11 is 3.55. The van der Waals surface area contributed by atoms with Crippen LogP contribution < -0.4 is 19.9 Å². The molecule has 0 saturated carbocycles. The summed E-state index contributed by atoms with van der Waals surface area (Å²) in [6.45, 7) is 0.641. The molecule has 6 nitrogen and oxygen atoms in total. The van der Waals surface area contributed by atoms with Crippen LogP contribution in [0.4, 0.5) is 0 Å². The van der Waals surface area contributed by atoms with Crippen molar-refractivity contribution in [3.05, 3.63) is 28.0 Å². The smallest absolute Gasteiger partial charge is 0.203 e. The average Bonchev–Trinajstić information content (AvgIpc) is 2.95. The van der Waals surface area contributed by atoms with E-state index in [4.69, 9.17) is 19.9 Å². The van der Waals surface area contributed by atoms with Gasteiger partial charge < -0.3 is 24.9 Å². The molecule has 0 unspecified atom stereocenters. The number of hydrogen-bond acceptors (Lipinski definition) is 5. The molecule has 0 saturated heterocycles. The highest BCUT2D eigenvalue weighted by Crippen LogP contribution is 2.47. The molecule has 1 aromatic carbocycles. The molecule has 0 aliphatic carbocycles. The second-order valence-electron chi connectivity index (χ2n) is 5.41. The molecule has 0 bridgehead atoms. The van der Waals surface area contributed by atoms with Crippen molar-refractivity contribution in [1.82, 2.24) is 4.98 Å². The van der Waals surface area contributed by atoms with Gasteiger partial charge in [-0.1, -0.05) is 0 Å². The number of ether oxygens (including phenoxy) is 3. The first-order valence-corrected chi connectivity index (χ1v) is 8.72. The summed E-state index contributed by atoms with van der Waals surface area (Å²) in [4.78, 5) is 3.20. The van der Waals surface area contributed by atoms with Crippen molar-refractivity contribution < 1.29 is 14.2 Å². The lowest BCUT2D eigenvalue weighted by atomic mass is 10.0.